The molecule has 2 aromatic rings. The number of alkyl halides is 1. The number of halogens is 3. The van der Waals surface area contributed by atoms with Gasteiger partial charge in [-0.2, -0.15) is 0 Å². The van der Waals surface area contributed by atoms with Crippen LogP contribution in [-0.2, 0) is 5.88 Å². The Kier molecular flexibility index (Phi) is 4.57. The van der Waals surface area contributed by atoms with Crippen molar-refractivity contribution in [2.45, 2.75) is 5.88 Å². The molecule has 0 aromatic heterocycles. The van der Waals surface area contributed by atoms with Crippen molar-refractivity contribution in [1.82, 2.24) is 0 Å². The van der Waals surface area contributed by atoms with E-state index in [0.717, 1.165) is 0 Å². The van der Waals surface area contributed by atoms with Crippen LogP contribution < -0.4 is 4.74 Å². The summed E-state index contributed by atoms with van der Waals surface area (Å²) in [5.41, 5.74) is 0.302. The number of para-hydroxylation sites is 1. The minimum Gasteiger partial charge on any atom is -0.452 e. The number of nitrogens with zero attached hydrogens (tertiary/aromatic N) is 1. The van der Waals surface area contributed by atoms with Gasteiger partial charge in [0, 0.05) is 11.6 Å². The lowest BCUT2D eigenvalue weighted by atomic mass is 10.2. The highest BCUT2D eigenvalue weighted by Gasteiger charge is 2.18. The summed E-state index contributed by atoms with van der Waals surface area (Å²) in [5.74, 6) is -0.402. The molecule has 0 aliphatic rings. The lowest BCUT2D eigenvalue weighted by Gasteiger charge is -2.11. The van der Waals surface area contributed by atoms with Gasteiger partial charge in [0.15, 0.2) is 11.6 Å². The molecule has 0 heterocycles. The molecule has 0 aliphatic heterocycles. The van der Waals surface area contributed by atoms with Crippen LogP contribution in [-0.4, -0.2) is 4.92 Å². The van der Waals surface area contributed by atoms with E-state index in [1.807, 2.05) is 0 Å². The van der Waals surface area contributed by atoms with E-state index >= 15 is 0 Å². The summed E-state index contributed by atoms with van der Waals surface area (Å²) in [4.78, 5) is 10.3. The maximum absolute atomic E-state index is 13.8. The van der Waals surface area contributed by atoms with E-state index in [4.69, 9.17) is 16.3 Å². The van der Waals surface area contributed by atoms with Gasteiger partial charge in [-0.3, -0.25) is 10.1 Å². The molecule has 2 rings (SSSR count). The Hall–Kier alpha value is -1.66. The third-order valence-corrected chi connectivity index (χ3v) is 3.63. The van der Waals surface area contributed by atoms with E-state index in [-0.39, 0.29) is 27.5 Å². The summed E-state index contributed by atoms with van der Waals surface area (Å²) in [6, 6.07) is 8.65. The third kappa shape index (κ3) is 2.91. The summed E-state index contributed by atoms with van der Waals surface area (Å²) >= 11 is 8.81. The highest BCUT2D eigenvalue weighted by molar-refractivity contribution is 9.10. The lowest BCUT2D eigenvalue weighted by molar-refractivity contribution is -0.385. The van der Waals surface area contributed by atoms with Gasteiger partial charge >= 0.3 is 0 Å². The standard InChI is InChI=1S/C13H8BrClFNO3/c14-12-10(17(18)19)5-2-6-11(12)20-13-8(7-15)3-1-4-9(13)16/h1-6H,7H2. The molecule has 0 amide bonds. The maximum Gasteiger partial charge on any atom is 0.287 e. The molecular formula is C13H8BrClFNO3. The van der Waals surface area contributed by atoms with Crippen LogP contribution >= 0.6 is 27.5 Å². The van der Waals surface area contributed by atoms with Crippen molar-refractivity contribution in [2.75, 3.05) is 0 Å². The molecule has 0 N–H and O–H groups in total. The quantitative estimate of drug-likeness (QED) is 0.436. The maximum atomic E-state index is 13.8. The fraction of sp³-hybridized carbons (Fsp3) is 0.0769. The molecule has 4 nitrogen and oxygen atoms in total. The largest absolute Gasteiger partial charge is 0.452 e. The van der Waals surface area contributed by atoms with Crippen LogP contribution in [0, 0.1) is 15.9 Å². The number of hydrogen-bond acceptors (Lipinski definition) is 3. The fourth-order valence-electron chi connectivity index (χ4n) is 1.60. The zero-order chi connectivity index (χ0) is 14.7. The highest BCUT2D eigenvalue weighted by Crippen LogP contribution is 2.38. The van der Waals surface area contributed by atoms with Gasteiger partial charge in [-0.15, -0.1) is 11.6 Å². The summed E-state index contributed by atoms with van der Waals surface area (Å²) in [6.45, 7) is 0. The van der Waals surface area contributed by atoms with Crippen molar-refractivity contribution in [3.63, 3.8) is 0 Å². The zero-order valence-electron chi connectivity index (χ0n) is 9.98. The Morgan fingerprint density at radius 2 is 2.00 bits per heavy atom. The predicted molar refractivity (Wildman–Crippen MR) is 76.8 cm³/mol. The molecule has 0 spiro atoms. The van der Waals surface area contributed by atoms with Crippen molar-refractivity contribution in [3.8, 4) is 11.5 Å². The van der Waals surface area contributed by atoms with Gasteiger partial charge in [0.05, 0.1) is 10.8 Å². The number of hydrogen-bond donors (Lipinski definition) is 0. The Labute approximate surface area is 127 Å². The van der Waals surface area contributed by atoms with Crippen molar-refractivity contribution < 1.29 is 14.1 Å². The Bertz CT molecular complexity index is 666. The van der Waals surface area contributed by atoms with Crippen LogP contribution in [0.4, 0.5) is 10.1 Å². The van der Waals surface area contributed by atoms with E-state index in [2.05, 4.69) is 15.9 Å². The van der Waals surface area contributed by atoms with E-state index < -0.39 is 10.7 Å². The smallest absolute Gasteiger partial charge is 0.287 e. The van der Waals surface area contributed by atoms with Crippen LogP contribution in [0.25, 0.3) is 0 Å². The second kappa shape index (κ2) is 6.19. The molecular weight excluding hydrogens is 353 g/mol. The van der Waals surface area contributed by atoms with Crippen molar-refractivity contribution >= 4 is 33.2 Å². The van der Waals surface area contributed by atoms with Crippen LogP contribution in [0.15, 0.2) is 40.9 Å². The van der Waals surface area contributed by atoms with E-state index in [0.29, 0.717) is 5.56 Å². The van der Waals surface area contributed by atoms with E-state index in [1.165, 1.54) is 30.3 Å². The molecule has 0 saturated carbocycles. The summed E-state index contributed by atoms with van der Waals surface area (Å²) in [5, 5.41) is 10.8. The second-order valence-corrected chi connectivity index (χ2v) is 4.87. The average Bonchev–Trinajstić information content (AvgIpc) is 2.42. The number of nitro benzene ring substituents is 1. The van der Waals surface area contributed by atoms with Crippen molar-refractivity contribution in [2.24, 2.45) is 0 Å². The monoisotopic (exact) mass is 359 g/mol. The van der Waals surface area contributed by atoms with E-state index in [9.17, 15) is 14.5 Å². The Morgan fingerprint density at radius 3 is 2.65 bits per heavy atom. The predicted octanol–water partition coefficient (Wildman–Crippen LogP) is 5.03. The SMILES string of the molecule is O=[N+]([O-])c1cccc(Oc2c(F)cccc2CCl)c1Br. The van der Waals surface area contributed by atoms with Gasteiger partial charge in [0.1, 0.15) is 10.2 Å². The van der Waals surface area contributed by atoms with Crippen molar-refractivity contribution in [1.29, 1.82) is 0 Å². The van der Waals surface area contributed by atoms with Crippen LogP contribution in [0.3, 0.4) is 0 Å². The number of nitro groups is 1. The number of rotatable bonds is 4. The normalized spacial score (nSPS) is 10.3. The molecule has 104 valence electrons. The molecule has 0 radical (unpaired) electrons. The topological polar surface area (TPSA) is 52.4 Å². The molecule has 0 atom stereocenters. The first-order valence-electron chi connectivity index (χ1n) is 5.48. The lowest BCUT2D eigenvalue weighted by Crippen LogP contribution is -1.96. The summed E-state index contributed by atoms with van der Waals surface area (Å²) in [6.07, 6.45) is 0. The van der Waals surface area contributed by atoms with Gasteiger partial charge in [-0.05, 0) is 28.1 Å². The molecule has 0 unspecified atom stereocenters. The second-order valence-electron chi connectivity index (χ2n) is 3.81. The van der Waals surface area contributed by atoms with E-state index in [1.54, 1.807) is 6.07 Å². The first kappa shape index (κ1) is 14.7. The van der Waals surface area contributed by atoms with Gasteiger partial charge in [0.25, 0.3) is 5.69 Å². The van der Waals surface area contributed by atoms with Crippen LogP contribution in [0.5, 0.6) is 11.5 Å². The van der Waals surface area contributed by atoms with Gasteiger partial charge in [-0.1, -0.05) is 18.2 Å². The van der Waals surface area contributed by atoms with Gasteiger partial charge in [0.2, 0.25) is 0 Å². The molecule has 7 heteroatoms. The molecule has 0 fully saturated rings. The fourth-order valence-corrected chi connectivity index (χ4v) is 2.30. The highest BCUT2D eigenvalue weighted by atomic mass is 79.9. The summed E-state index contributed by atoms with van der Waals surface area (Å²) in [7, 11) is 0. The number of benzene rings is 2. The average molecular weight is 361 g/mol. The minimum atomic E-state index is -0.582. The van der Waals surface area contributed by atoms with Gasteiger partial charge in [-0.25, -0.2) is 4.39 Å². The Balaban J connectivity index is 2.46. The van der Waals surface area contributed by atoms with Crippen LogP contribution in [0.2, 0.25) is 0 Å². The number of ether oxygens (including phenoxy) is 1. The van der Waals surface area contributed by atoms with Crippen LogP contribution in [0.1, 0.15) is 5.56 Å². The molecule has 0 saturated heterocycles. The van der Waals surface area contributed by atoms with Gasteiger partial charge < -0.3 is 4.74 Å². The first-order chi connectivity index (χ1) is 9.54. The molecule has 20 heavy (non-hydrogen) atoms. The molecule has 0 bridgehead atoms. The molecule has 2 aromatic carbocycles. The van der Waals surface area contributed by atoms with Crippen molar-refractivity contribution in [3.05, 3.63) is 62.4 Å². The third-order valence-electron chi connectivity index (χ3n) is 2.54. The first-order valence-corrected chi connectivity index (χ1v) is 6.81. The minimum absolute atomic E-state index is 0.0382. The molecule has 0 aliphatic carbocycles. The summed E-state index contributed by atoms with van der Waals surface area (Å²) < 4.78 is 19.4. The Morgan fingerprint density at radius 1 is 1.30 bits per heavy atom. The zero-order valence-corrected chi connectivity index (χ0v) is 12.3.